The second-order valence-corrected chi connectivity index (χ2v) is 6.08. The molecule has 0 fully saturated rings. The van der Waals surface area contributed by atoms with Crippen LogP contribution in [0.4, 0.5) is 0 Å². The number of amides is 1. The number of carbonyl (C=O) groups is 2. The molecule has 0 spiro atoms. The average Bonchev–Trinajstić information content (AvgIpc) is 2.34. The highest BCUT2D eigenvalue weighted by Gasteiger charge is 2.18. The number of carboxylic acid groups (broad SMARTS) is 1. The Bertz CT molecular complexity index is 577. The van der Waals surface area contributed by atoms with Crippen molar-refractivity contribution in [2.24, 2.45) is 0 Å². The van der Waals surface area contributed by atoms with Gasteiger partial charge in [0, 0.05) is 11.8 Å². The van der Waals surface area contributed by atoms with Crippen LogP contribution in [0.25, 0.3) is 0 Å². The van der Waals surface area contributed by atoms with Gasteiger partial charge in [0.25, 0.3) is 5.91 Å². The summed E-state index contributed by atoms with van der Waals surface area (Å²) in [5.41, 5.74) is 0.215. The number of sulfone groups is 1. The van der Waals surface area contributed by atoms with Crippen LogP contribution in [0.15, 0.2) is 29.2 Å². The summed E-state index contributed by atoms with van der Waals surface area (Å²) in [4.78, 5) is 22.7. The molecule has 0 aliphatic carbocycles. The van der Waals surface area contributed by atoms with Crippen molar-refractivity contribution in [1.82, 2.24) is 5.32 Å². The zero-order valence-corrected chi connectivity index (χ0v) is 11.4. The van der Waals surface area contributed by atoms with Gasteiger partial charge in [-0.2, -0.15) is 0 Å². The van der Waals surface area contributed by atoms with Gasteiger partial charge in [0.1, 0.15) is 6.04 Å². The maximum atomic E-state index is 11.8. The summed E-state index contributed by atoms with van der Waals surface area (Å²) in [7, 11) is -3.31. The molecule has 0 aliphatic heterocycles. The molecule has 0 radical (unpaired) electrons. The predicted octanol–water partition coefficient (Wildman–Crippen LogP) is 0.683. The maximum Gasteiger partial charge on any atom is 0.326 e. The summed E-state index contributed by atoms with van der Waals surface area (Å²) in [5.74, 6) is -1.65. The first-order valence-corrected chi connectivity index (χ1v) is 7.48. The van der Waals surface area contributed by atoms with Gasteiger partial charge in [0.05, 0.1) is 4.90 Å². The summed E-state index contributed by atoms with van der Waals surface area (Å²) in [6.45, 7) is 1.64. The average molecular weight is 285 g/mol. The molecule has 1 aromatic carbocycles. The van der Waals surface area contributed by atoms with E-state index in [0.717, 1.165) is 6.26 Å². The van der Waals surface area contributed by atoms with Gasteiger partial charge >= 0.3 is 5.97 Å². The normalized spacial score (nSPS) is 12.7. The van der Waals surface area contributed by atoms with E-state index >= 15 is 0 Å². The van der Waals surface area contributed by atoms with Crippen molar-refractivity contribution in [3.8, 4) is 0 Å². The Morgan fingerprint density at radius 3 is 2.16 bits per heavy atom. The molecule has 0 saturated carbocycles. The van der Waals surface area contributed by atoms with Crippen molar-refractivity contribution in [2.45, 2.75) is 24.3 Å². The van der Waals surface area contributed by atoms with Crippen LogP contribution in [-0.2, 0) is 14.6 Å². The smallest absolute Gasteiger partial charge is 0.326 e. The minimum absolute atomic E-state index is 0.106. The van der Waals surface area contributed by atoms with Gasteiger partial charge in [-0.1, -0.05) is 6.92 Å². The number of nitrogens with one attached hydrogen (secondary N) is 1. The Morgan fingerprint density at radius 2 is 1.79 bits per heavy atom. The Labute approximate surface area is 111 Å². The summed E-state index contributed by atoms with van der Waals surface area (Å²) < 4.78 is 22.5. The number of carbonyl (C=O) groups excluding carboxylic acids is 1. The number of benzene rings is 1. The van der Waals surface area contributed by atoms with E-state index in [1.807, 2.05) is 0 Å². The van der Waals surface area contributed by atoms with Gasteiger partial charge in [-0.05, 0) is 30.7 Å². The van der Waals surface area contributed by atoms with Crippen molar-refractivity contribution in [2.75, 3.05) is 6.26 Å². The zero-order valence-electron chi connectivity index (χ0n) is 10.6. The topological polar surface area (TPSA) is 101 Å². The number of hydrogen-bond donors (Lipinski definition) is 2. The van der Waals surface area contributed by atoms with Gasteiger partial charge in [-0.3, -0.25) is 4.79 Å². The van der Waals surface area contributed by atoms with Crippen LogP contribution in [0.3, 0.4) is 0 Å². The van der Waals surface area contributed by atoms with E-state index in [-0.39, 0.29) is 16.9 Å². The summed E-state index contributed by atoms with van der Waals surface area (Å²) in [6, 6.07) is 4.36. The molecule has 6 nitrogen and oxygen atoms in total. The lowest BCUT2D eigenvalue weighted by Crippen LogP contribution is -2.40. The molecule has 2 N–H and O–H groups in total. The minimum atomic E-state index is -3.31. The number of rotatable bonds is 5. The fourth-order valence-electron chi connectivity index (χ4n) is 1.43. The van der Waals surface area contributed by atoms with Crippen molar-refractivity contribution >= 4 is 21.7 Å². The third-order valence-corrected chi connectivity index (χ3v) is 3.68. The minimum Gasteiger partial charge on any atom is -0.480 e. The molecule has 0 aliphatic rings. The Hall–Kier alpha value is -1.89. The largest absolute Gasteiger partial charge is 0.480 e. The van der Waals surface area contributed by atoms with Crippen molar-refractivity contribution in [1.29, 1.82) is 0 Å². The van der Waals surface area contributed by atoms with Gasteiger partial charge in [0.2, 0.25) is 0 Å². The maximum absolute atomic E-state index is 11.8. The quantitative estimate of drug-likeness (QED) is 0.828. The molecular formula is C12H15NO5S. The van der Waals surface area contributed by atoms with Crippen molar-refractivity contribution in [3.05, 3.63) is 29.8 Å². The van der Waals surface area contributed by atoms with E-state index in [0.29, 0.717) is 0 Å². The lowest BCUT2D eigenvalue weighted by atomic mass is 10.1. The van der Waals surface area contributed by atoms with Crippen molar-refractivity contribution < 1.29 is 23.1 Å². The first-order chi connectivity index (χ1) is 8.75. The molecule has 0 unspecified atom stereocenters. The molecule has 0 aromatic heterocycles. The fourth-order valence-corrected chi connectivity index (χ4v) is 2.06. The van der Waals surface area contributed by atoms with Crippen LogP contribution in [0.2, 0.25) is 0 Å². The van der Waals surface area contributed by atoms with Gasteiger partial charge in [0.15, 0.2) is 9.84 Å². The molecule has 1 amide bonds. The molecule has 104 valence electrons. The van der Waals surface area contributed by atoms with E-state index in [1.165, 1.54) is 24.3 Å². The molecule has 1 aromatic rings. The molecular weight excluding hydrogens is 270 g/mol. The van der Waals surface area contributed by atoms with E-state index in [2.05, 4.69) is 5.32 Å². The number of aliphatic carboxylic acids is 1. The van der Waals surface area contributed by atoms with E-state index in [4.69, 9.17) is 5.11 Å². The summed E-state index contributed by atoms with van der Waals surface area (Å²) in [5, 5.41) is 11.2. The zero-order chi connectivity index (χ0) is 14.6. The lowest BCUT2D eigenvalue weighted by molar-refractivity contribution is -0.139. The van der Waals surface area contributed by atoms with E-state index < -0.39 is 27.8 Å². The van der Waals surface area contributed by atoms with Gasteiger partial charge in [-0.15, -0.1) is 0 Å². The third-order valence-electron chi connectivity index (χ3n) is 2.56. The predicted molar refractivity (Wildman–Crippen MR) is 68.7 cm³/mol. The molecule has 7 heteroatoms. The van der Waals surface area contributed by atoms with Gasteiger partial charge < -0.3 is 10.4 Å². The van der Waals surface area contributed by atoms with Crippen LogP contribution in [-0.4, -0.2) is 37.7 Å². The Kier molecular flexibility index (Phi) is 4.66. The molecule has 0 heterocycles. The standard InChI is InChI=1S/C12H15NO5S/c1-3-10(12(15)16)13-11(14)8-4-6-9(7-5-8)19(2,17)18/h4-7,10H,3H2,1-2H3,(H,13,14)(H,15,16)/t10-/m0/s1. The number of hydrogen-bond acceptors (Lipinski definition) is 4. The Morgan fingerprint density at radius 1 is 1.26 bits per heavy atom. The van der Waals surface area contributed by atoms with Crippen LogP contribution < -0.4 is 5.32 Å². The lowest BCUT2D eigenvalue weighted by Gasteiger charge is -2.12. The first-order valence-electron chi connectivity index (χ1n) is 5.59. The summed E-state index contributed by atoms with van der Waals surface area (Å²) in [6.07, 6.45) is 1.34. The number of carboxylic acids is 1. The fraction of sp³-hybridized carbons (Fsp3) is 0.333. The van der Waals surface area contributed by atoms with Crippen LogP contribution >= 0.6 is 0 Å². The van der Waals surface area contributed by atoms with Gasteiger partial charge in [-0.25, -0.2) is 13.2 Å². The Balaban J connectivity index is 2.87. The monoisotopic (exact) mass is 285 g/mol. The highest BCUT2D eigenvalue weighted by atomic mass is 32.2. The third kappa shape index (κ3) is 4.06. The highest BCUT2D eigenvalue weighted by molar-refractivity contribution is 7.90. The van der Waals surface area contributed by atoms with E-state index in [9.17, 15) is 18.0 Å². The van der Waals surface area contributed by atoms with E-state index in [1.54, 1.807) is 6.92 Å². The second-order valence-electron chi connectivity index (χ2n) is 4.07. The molecule has 19 heavy (non-hydrogen) atoms. The SMILES string of the molecule is CC[C@H](NC(=O)c1ccc(S(C)(=O)=O)cc1)C(=O)O. The van der Waals surface area contributed by atoms with Crippen LogP contribution in [0, 0.1) is 0 Å². The summed E-state index contributed by atoms with van der Waals surface area (Å²) >= 11 is 0. The van der Waals surface area contributed by atoms with Crippen LogP contribution in [0.5, 0.6) is 0 Å². The van der Waals surface area contributed by atoms with Crippen LogP contribution in [0.1, 0.15) is 23.7 Å². The molecule has 0 bridgehead atoms. The molecule has 0 saturated heterocycles. The van der Waals surface area contributed by atoms with Crippen molar-refractivity contribution in [3.63, 3.8) is 0 Å². The highest BCUT2D eigenvalue weighted by Crippen LogP contribution is 2.10. The first kappa shape index (κ1) is 15.2. The second kappa shape index (κ2) is 5.83. The molecule has 1 rings (SSSR count). The molecule has 1 atom stereocenters.